The van der Waals surface area contributed by atoms with Crippen LogP contribution in [0.4, 0.5) is 23.2 Å². The molecule has 210 valence electrons. The van der Waals surface area contributed by atoms with Crippen LogP contribution >= 0.6 is 11.6 Å². The zero-order valence-electron chi connectivity index (χ0n) is 21.6. The van der Waals surface area contributed by atoms with Gasteiger partial charge in [0.05, 0.1) is 22.5 Å². The predicted molar refractivity (Wildman–Crippen MR) is 138 cm³/mol. The zero-order valence-corrected chi connectivity index (χ0v) is 23.1. The number of anilines is 1. The Labute approximate surface area is 224 Å². The Bertz CT molecular complexity index is 1260. The van der Waals surface area contributed by atoms with E-state index in [4.69, 9.17) is 11.6 Å². The predicted octanol–water partition coefficient (Wildman–Crippen LogP) is 4.99. The molecule has 0 spiro atoms. The smallest absolute Gasteiger partial charge is 0.350 e. The highest BCUT2D eigenvalue weighted by Gasteiger charge is 2.35. The minimum atomic E-state index is -4.79. The van der Waals surface area contributed by atoms with Crippen LogP contribution in [0.5, 0.6) is 0 Å². The van der Waals surface area contributed by atoms with Crippen LogP contribution in [0, 0.1) is 5.82 Å². The number of carbonyl (C=O) groups excluding carboxylic acids is 2. The highest BCUT2D eigenvalue weighted by Crippen LogP contribution is 2.36. The highest BCUT2D eigenvalue weighted by atomic mass is 35.5. The maximum Gasteiger partial charge on any atom is 0.416 e. The first-order valence-electron chi connectivity index (χ1n) is 11.5. The van der Waals surface area contributed by atoms with Gasteiger partial charge in [-0.3, -0.25) is 13.9 Å². The van der Waals surface area contributed by atoms with Crippen LogP contribution in [0.3, 0.4) is 0 Å². The number of nitrogens with zero attached hydrogens (tertiary/aromatic N) is 2. The molecule has 0 aliphatic rings. The summed E-state index contributed by atoms with van der Waals surface area (Å²) in [6, 6.07) is 6.21. The third-order valence-electron chi connectivity index (χ3n) is 5.37. The van der Waals surface area contributed by atoms with Gasteiger partial charge < -0.3 is 10.2 Å². The number of halogens is 5. The lowest BCUT2D eigenvalue weighted by Gasteiger charge is -2.34. The normalized spacial score (nSPS) is 13.1. The maximum atomic E-state index is 13.6. The molecule has 0 radical (unpaired) electrons. The first kappa shape index (κ1) is 31.4. The Balaban J connectivity index is 2.56. The molecule has 0 saturated heterocycles. The quantitative estimate of drug-likeness (QED) is 0.424. The van der Waals surface area contributed by atoms with Gasteiger partial charge in [0.2, 0.25) is 21.8 Å². The summed E-state index contributed by atoms with van der Waals surface area (Å²) in [7, 11) is -4.31. The van der Waals surface area contributed by atoms with Crippen LogP contribution in [0.2, 0.25) is 5.02 Å². The van der Waals surface area contributed by atoms with E-state index in [0.29, 0.717) is 22.0 Å². The van der Waals surface area contributed by atoms with Crippen molar-refractivity contribution in [3.8, 4) is 0 Å². The summed E-state index contributed by atoms with van der Waals surface area (Å²) in [6.07, 6.45) is -3.93. The molecule has 7 nitrogen and oxygen atoms in total. The van der Waals surface area contributed by atoms with Crippen molar-refractivity contribution in [2.45, 2.75) is 58.4 Å². The molecule has 38 heavy (non-hydrogen) atoms. The number of nitrogens with one attached hydrogen (secondary N) is 1. The molecule has 0 unspecified atom stereocenters. The number of carbonyl (C=O) groups is 2. The van der Waals surface area contributed by atoms with Crippen molar-refractivity contribution in [2.24, 2.45) is 0 Å². The van der Waals surface area contributed by atoms with E-state index in [1.807, 2.05) is 0 Å². The summed E-state index contributed by atoms with van der Waals surface area (Å²) in [5.74, 6) is -1.91. The van der Waals surface area contributed by atoms with Gasteiger partial charge in [-0.25, -0.2) is 12.8 Å². The van der Waals surface area contributed by atoms with Crippen LogP contribution in [-0.4, -0.2) is 49.5 Å². The molecule has 13 heteroatoms. The van der Waals surface area contributed by atoms with Gasteiger partial charge in [-0.15, -0.1) is 0 Å². The van der Waals surface area contributed by atoms with Crippen molar-refractivity contribution in [1.29, 1.82) is 0 Å². The fourth-order valence-electron chi connectivity index (χ4n) is 3.63. The number of sulfonamides is 1. The number of rotatable bonds is 9. The SMILES string of the molecule is CC[C@@H](C(=O)NC(C)(C)C)N(Cc1ccc(F)cc1)C(=O)CN(c1cc(C(F)(F)F)ccc1Cl)S(C)(=O)=O. The molecule has 2 aromatic carbocycles. The second-order valence-electron chi connectivity index (χ2n) is 9.74. The van der Waals surface area contributed by atoms with Gasteiger partial charge in [0.25, 0.3) is 0 Å². The molecular formula is C25H30ClF4N3O4S. The first-order valence-corrected chi connectivity index (χ1v) is 13.8. The summed E-state index contributed by atoms with van der Waals surface area (Å²) < 4.78 is 79.3. The van der Waals surface area contributed by atoms with Crippen LogP contribution < -0.4 is 9.62 Å². The molecule has 0 aromatic heterocycles. The van der Waals surface area contributed by atoms with Gasteiger partial charge in [-0.05, 0) is 63.1 Å². The van der Waals surface area contributed by atoms with Gasteiger partial charge in [0.1, 0.15) is 18.4 Å². The topological polar surface area (TPSA) is 86.8 Å². The van der Waals surface area contributed by atoms with E-state index in [9.17, 15) is 35.6 Å². The van der Waals surface area contributed by atoms with Crippen LogP contribution in [0.15, 0.2) is 42.5 Å². The molecule has 2 rings (SSSR count). The molecule has 2 amide bonds. The lowest BCUT2D eigenvalue weighted by Crippen LogP contribution is -2.55. The van der Waals surface area contributed by atoms with Gasteiger partial charge >= 0.3 is 6.18 Å². The monoisotopic (exact) mass is 579 g/mol. The second kappa shape index (κ2) is 11.9. The molecule has 0 heterocycles. The molecule has 0 saturated carbocycles. The lowest BCUT2D eigenvalue weighted by atomic mass is 10.1. The van der Waals surface area contributed by atoms with Crippen molar-refractivity contribution in [2.75, 3.05) is 17.1 Å². The standard InChI is InChI=1S/C25H30ClF4N3O4S/c1-6-20(23(35)31-24(2,3)4)32(14-16-7-10-18(27)11-8-16)22(34)15-33(38(5,36)37)21-13-17(25(28,29)30)9-12-19(21)26/h7-13,20H,6,14-15H2,1-5H3,(H,31,35)/t20-/m0/s1. The van der Waals surface area contributed by atoms with E-state index in [0.717, 1.165) is 17.2 Å². The Morgan fingerprint density at radius 3 is 2.11 bits per heavy atom. The highest BCUT2D eigenvalue weighted by molar-refractivity contribution is 7.92. The molecular weight excluding hydrogens is 550 g/mol. The number of alkyl halides is 3. The lowest BCUT2D eigenvalue weighted by molar-refractivity contribution is -0.141. The third kappa shape index (κ3) is 8.59. The Kier molecular flexibility index (Phi) is 9.82. The molecule has 1 atom stereocenters. The van der Waals surface area contributed by atoms with Gasteiger partial charge in [0, 0.05) is 12.1 Å². The van der Waals surface area contributed by atoms with Crippen LogP contribution in [-0.2, 0) is 32.3 Å². The van der Waals surface area contributed by atoms with Gasteiger partial charge in [0.15, 0.2) is 0 Å². The molecule has 0 fully saturated rings. The summed E-state index contributed by atoms with van der Waals surface area (Å²) >= 11 is 6.07. The van der Waals surface area contributed by atoms with Crippen LogP contribution in [0.25, 0.3) is 0 Å². The van der Waals surface area contributed by atoms with Crippen molar-refractivity contribution < 1.29 is 35.6 Å². The molecule has 0 aliphatic carbocycles. The molecule has 1 N–H and O–H groups in total. The average Bonchev–Trinajstić information content (AvgIpc) is 2.76. The summed E-state index contributed by atoms with van der Waals surface area (Å²) in [5, 5.41) is 2.46. The Morgan fingerprint density at radius 1 is 1.05 bits per heavy atom. The molecule has 0 aliphatic heterocycles. The van der Waals surface area contributed by atoms with Crippen LogP contribution in [0.1, 0.15) is 45.2 Å². The zero-order chi connectivity index (χ0) is 29.1. The Hall–Kier alpha value is -2.86. The number of amides is 2. The summed E-state index contributed by atoms with van der Waals surface area (Å²) in [5.41, 5.74) is -1.90. The second-order valence-corrected chi connectivity index (χ2v) is 12.1. The maximum absolute atomic E-state index is 13.6. The Morgan fingerprint density at radius 2 is 1.63 bits per heavy atom. The average molecular weight is 580 g/mol. The van der Waals surface area contributed by atoms with E-state index in [1.165, 1.54) is 24.3 Å². The van der Waals surface area contributed by atoms with Crippen molar-refractivity contribution in [3.05, 3.63) is 64.4 Å². The number of hydrogen-bond acceptors (Lipinski definition) is 4. The van der Waals surface area contributed by atoms with Crippen molar-refractivity contribution in [1.82, 2.24) is 10.2 Å². The van der Waals surface area contributed by atoms with E-state index < -0.39 is 63.2 Å². The third-order valence-corrected chi connectivity index (χ3v) is 6.82. The van der Waals surface area contributed by atoms with E-state index in [1.54, 1.807) is 27.7 Å². The summed E-state index contributed by atoms with van der Waals surface area (Å²) in [6.45, 7) is 5.75. The van der Waals surface area contributed by atoms with Crippen molar-refractivity contribution >= 4 is 39.1 Å². The van der Waals surface area contributed by atoms with E-state index in [2.05, 4.69) is 5.32 Å². The minimum absolute atomic E-state index is 0.137. The van der Waals surface area contributed by atoms with Crippen molar-refractivity contribution in [3.63, 3.8) is 0 Å². The van der Waals surface area contributed by atoms with E-state index >= 15 is 0 Å². The first-order chi connectivity index (χ1) is 17.3. The number of hydrogen-bond donors (Lipinski definition) is 1. The number of benzene rings is 2. The fourth-order valence-corrected chi connectivity index (χ4v) is 4.76. The largest absolute Gasteiger partial charge is 0.416 e. The molecule has 2 aromatic rings. The minimum Gasteiger partial charge on any atom is -0.350 e. The van der Waals surface area contributed by atoms with E-state index in [-0.39, 0.29) is 18.0 Å². The molecule has 0 bridgehead atoms. The fraction of sp³-hybridized carbons (Fsp3) is 0.440. The van der Waals surface area contributed by atoms with Gasteiger partial charge in [-0.1, -0.05) is 30.7 Å². The summed E-state index contributed by atoms with van der Waals surface area (Å²) in [4.78, 5) is 27.8. The van der Waals surface area contributed by atoms with Gasteiger partial charge in [-0.2, -0.15) is 13.2 Å².